The predicted molar refractivity (Wildman–Crippen MR) is 81.3 cm³/mol. The molecule has 9 heteroatoms. The van der Waals surface area contributed by atoms with Crippen LogP contribution in [0.1, 0.15) is 15.2 Å². The van der Waals surface area contributed by atoms with Gasteiger partial charge in [-0.2, -0.15) is 0 Å². The molecule has 1 aromatic carbocycles. The van der Waals surface area contributed by atoms with Gasteiger partial charge in [-0.3, -0.25) is 4.79 Å². The Labute approximate surface area is 160 Å². The second-order valence-electron chi connectivity index (χ2n) is 4.46. The zero-order valence-electron chi connectivity index (χ0n) is 11.8. The van der Waals surface area contributed by atoms with E-state index >= 15 is 0 Å². The van der Waals surface area contributed by atoms with E-state index in [1.165, 1.54) is 0 Å². The maximum absolute atomic E-state index is 13.7. The first-order valence-corrected chi connectivity index (χ1v) is 7.28. The topological polar surface area (TPSA) is 85.3 Å². The van der Waals surface area contributed by atoms with E-state index in [4.69, 9.17) is 17.3 Å². The van der Waals surface area contributed by atoms with Gasteiger partial charge in [0.25, 0.3) is 0 Å². The third-order valence-electron chi connectivity index (χ3n) is 3.18. The molecule has 0 atom stereocenters. The fourth-order valence-corrected chi connectivity index (χ4v) is 3.07. The normalized spacial score (nSPS) is 10.5. The molecule has 3 rings (SSSR count). The summed E-state index contributed by atoms with van der Waals surface area (Å²) in [5, 5.41) is 11.7. The van der Waals surface area contributed by atoms with Crippen LogP contribution in [-0.2, 0) is 0 Å². The van der Waals surface area contributed by atoms with E-state index in [-0.39, 0.29) is 51.0 Å². The molecule has 0 fully saturated rings. The minimum Gasteiger partial charge on any atom is -0.494 e. The monoisotopic (exact) mass is 361 g/mol. The molecule has 0 aliphatic carbocycles. The summed E-state index contributed by atoms with van der Waals surface area (Å²) in [6.07, 6.45) is 0. The molecule has 0 unspecified atom stereocenters. The average molecular weight is 362 g/mol. The third-order valence-corrected chi connectivity index (χ3v) is 4.33. The number of aromatic nitrogens is 1. The number of rotatable bonds is 2. The average Bonchev–Trinajstić information content (AvgIpc) is 3.05. The number of hydrogen-bond donors (Lipinski definition) is 2. The molecule has 23 heavy (non-hydrogen) atoms. The minimum absolute atomic E-state index is 0. The van der Waals surface area contributed by atoms with E-state index in [1.807, 2.05) is 0 Å². The number of hydrogen-bond acceptors (Lipinski definition) is 4. The number of aromatic hydroxyl groups is 1. The van der Waals surface area contributed by atoms with Gasteiger partial charge in [-0.25, -0.2) is 13.8 Å². The summed E-state index contributed by atoms with van der Waals surface area (Å²) in [6.45, 7) is 0. The Bertz CT molecular complexity index is 924. The maximum Gasteiger partial charge on any atom is 1.00 e. The van der Waals surface area contributed by atoms with Crippen LogP contribution < -0.4 is 35.3 Å². The van der Waals surface area contributed by atoms with E-state index in [9.17, 15) is 19.1 Å². The van der Waals surface area contributed by atoms with Gasteiger partial charge in [-0.15, -0.1) is 11.3 Å². The molecular weight excluding hydrogens is 354 g/mol. The van der Waals surface area contributed by atoms with Crippen molar-refractivity contribution in [3.8, 4) is 5.88 Å². The van der Waals surface area contributed by atoms with Crippen molar-refractivity contribution in [2.24, 2.45) is 5.73 Å². The van der Waals surface area contributed by atoms with E-state index in [1.54, 1.807) is 17.5 Å². The SMILES string of the molecule is NC(=O)n1c(O)c(C(=O)c2cccs2)c2cc(F)c(Cl)cc21.[Na+]. The summed E-state index contributed by atoms with van der Waals surface area (Å²) in [7, 11) is 0. The van der Waals surface area contributed by atoms with Crippen LogP contribution >= 0.6 is 22.9 Å². The van der Waals surface area contributed by atoms with E-state index < -0.39 is 23.5 Å². The van der Waals surface area contributed by atoms with Gasteiger partial charge >= 0.3 is 35.6 Å². The second-order valence-corrected chi connectivity index (χ2v) is 5.82. The molecule has 0 radical (unpaired) electrons. The van der Waals surface area contributed by atoms with Crippen LogP contribution in [-0.4, -0.2) is 21.5 Å². The molecular formula is C14H8ClFN2NaO3S+. The number of fused-ring (bicyclic) bond motifs is 1. The summed E-state index contributed by atoms with van der Waals surface area (Å²) < 4.78 is 14.5. The number of halogens is 2. The molecule has 0 aliphatic rings. The second kappa shape index (κ2) is 6.62. The Morgan fingerprint density at radius 1 is 1.35 bits per heavy atom. The van der Waals surface area contributed by atoms with Crippen LogP contribution in [0.4, 0.5) is 9.18 Å². The van der Waals surface area contributed by atoms with Gasteiger partial charge in [-0.05, 0) is 23.6 Å². The number of primary amides is 1. The molecule has 0 bridgehead atoms. The fraction of sp³-hybridized carbons (Fsp3) is 0. The first-order valence-electron chi connectivity index (χ1n) is 6.02. The molecule has 2 heterocycles. The fourth-order valence-electron chi connectivity index (χ4n) is 2.25. The summed E-state index contributed by atoms with van der Waals surface area (Å²) in [5.74, 6) is -1.93. The van der Waals surface area contributed by atoms with Crippen molar-refractivity contribution in [2.75, 3.05) is 0 Å². The van der Waals surface area contributed by atoms with E-state index in [0.29, 0.717) is 4.88 Å². The minimum atomic E-state index is -1.00. The van der Waals surface area contributed by atoms with Crippen LogP contribution in [0.5, 0.6) is 5.88 Å². The third kappa shape index (κ3) is 2.90. The van der Waals surface area contributed by atoms with Crippen LogP contribution in [0.2, 0.25) is 5.02 Å². The number of carbonyl (C=O) groups is 2. The Balaban J connectivity index is 0.00000192. The smallest absolute Gasteiger partial charge is 0.494 e. The summed E-state index contributed by atoms with van der Waals surface area (Å²) in [6, 6.07) is 4.36. The van der Waals surface area contributed by atoms with E-state index in [2.05, 4.69) is 0 Å². The molecule has 1 amide bonds. The van der Waals surface area contributed by atoms with Gasteiger partial charge in [0.1, 0.15) is 5.82 Å². The van der Waals surface area contributed by atoms with Crippen molar-refractivity contribution in [3.05, 3.63) is 50.9 Å². The van der Waals surface area contributed by atoms with Gasteiger partial charge in [-0.1, -0.05) is 17.7 Å². The number of ketones is 1. The molecule has 112 valence electrons. The molecule has 0 spiro atoms. The molecule has 0 saturated heterocycles. The number of carbonyl (C=O) groups excluding carboxylic acids is 2. The predicted octanol–water partition coefficient (Wildman–Crippen LogP) is 0.363. The van der Waals surface area contributed by atoms with Crippen molar-refractivity contribution in [1.82, 2.24) is 4.57 Å². The van der Waals surface area contributed by atoms with Gasteiger partial charge in [0, 0.05) is 5.39 Å². The van der Waals surface area contributed by atoms with Crippen LogP contribution in [0.15, 0.2) is 29.6 Å². The Hall–Kier alpha value is -1.38. The van der Waals surface area contributed by atoms with Crippen molar-refractivity contribution >= 4 is 45.7 Å². The van der Waals surface area contributed by atoms with Gasteiger partial charge < -0.3 is 10.8 Å². The zero-order chi connectivity index (χ0) is 16.0. The Morgan fingerprint density at radius 2 is 2.04 bits per heavy atom. The van der Waals surface area contributed by atoms with Crippen molar-refractivity contribution in [1.29, 1.82) is 0 Å². The zero-order valence-corrected chi connectivity index (χ0v) is 15.4. The number of nitrogens with zero attached hydrogens (tertiary/aromatic N) is 1. The maximum atomic E-state index is 13.7. The van der Waals surface area contributed by atoms with Crippen molar-refractivity contribution < 1.29 is 48.6 Å². The number of benzene rings is 1. The van der Waals surface area contributed by atoms with Crippen LogP contribution in [0, 0.1) is 5.82 Å². The van der Waals surface area contributed by atoms with Gasteiger partial charge in [0.05, 0.1) is 21.0 Å². The number of thiophene rings is 1. The van der Waals surface area contributed by atoms with Crippen LogP contribution in [0.3, 0.4) is 0 Å². The van der Waals surface area contributed by atoms with Gasteiger partial charge in [0.2, 0.25) is 11.7 Å². The first-order chi connectivity index (χ1) is 10.4. The van der Waals surface area contributed by atoms with Crippen molar-refractivity contribution in [3.63, 3.8) is 0 Å². The standard InChI is InChI=1S/C14H8ClFN2O3S.Na/c15-7-5-9-6(4-8(7)16)11(13(20)18(9)14(17)21)12(19)10-2-1-3-22-10;/h1-5,20H,(H2,17,21);/q;+1. The summed E-state index contributed by atoms with van der Waals surface area (Å²) in [4.78, 5) is 24.4. The number of nitrogens with two attached hydrogens (primary N) is 1. The largest absolute Gasteiger partial charge is 1.00 e. The molecule has 0 aliphatic heterocycles. The molecule has 5 nitrogen and oxygen atoms in total. The molecule has 0 saturated carbocycles. The Kier molecular flexibility index (Phi) is 5.17. The van der Waals surface area contributed by atoms with E-state index in [0.717, 1.165) is 28.0 Å². The van der Waals surface area contributed by atoms with Gasteiger partial charge in [0.15, 0.2) is 0 Å². The summed E-state index contributed by atoms with van der Waals surface area (Å²) in [5.41, 5.74) is 5.10. The quantitative estimate of drug-likeness (QED) is 0.510. The number of amides is 1. The molecule has 3 N–H and O–H groups in total. The Morgan fingerprint density at radius 3 is 2.61 bits per heavy atom. The molecule has 2 aromatic heterocycles. The molecule has 3 aromatic rings. The summed E-state index contributed by atoms with van der Waals surface area (Å²) >= 11 is 6.86. The van der Waals surface area contributed by atoms with Crippen LogP contribution in [0.25, 0.3) is 10.9 Å². The first kappa shape index (κ1) is 18.0. The van der Waals surface area contributed by atoms with Crippen molar-refractivity contribution in [2.45, 2.75) is 0 Å².